The predicted molar refractivity (Wildman–Crippen MR) is 108 cm³/mol. The minimum atomic E-state index is -0.552. The fraction of sp³-hybridized carbons (Fsp3) is 0.350. The molecule has 160 valence electrons. The van der Waals surface area contributed by atoms with Gasteiger partial charge in [0.15, 0.2) is 28.8 Å². The Labute approximate surface area is 172 Å². The molecular formula is C20H22N2O8. The van der Waals surface area contributed by atoms with Gasteiger partial charge in [0, 0.05) is 12.6 Å². The summed E-state index contributed by atoms with van der Waals surface area (Å²) in [7, 11) is 5.80. The monoisotopic (exact) mass is 418 g/mol. The zero-order chi connectivity index (χ0) is 21.8. The predicted octanol–water partition coefficient (Wildman–Crippen LogP) is 2.93. The molecule has 1 heterocycles. The molecule has 10 heteroatoms. The Morgan fingerprint density at radius 1 is 1.07 bits per heavy atom. The maximum atomic E-state index is 13.0. The van der Waals surface area contributed by atoms with E-state index in [1.165, 1.54) is 40.6 Å². The molecule has 0 saturated carbocycles. The van der Waals surface area contributed by atoms with E-state index in [9.17, 15) is 14.9 Å². The molecule has 0 radical (unpaired) electrons. The lowest BCUT2D eigenvalue weighted by molar-refractivity contribution is -0.384. The van der Waals surface area contributed by atoms with E-state index in [1.807, 2.05) is 0 Å². The first kappa shape index (κ1) is 21.0. The van der Waals surface area contributed by atoms with E-state index in [2.05, 4.69) is 5.32 Å². The lowest BCUT2D eigenvalue weighted by Crippen LogP contribution is -2.33. The van der Waals surface area contributed by atoms with E-state index in [1.54, 1.807) is 12.1 Å². The molecule has 0 amide bonds. The number of carbonyl (C=O) groups is 1. The number of Topliss-reactive ketones (excluding diaryl/α,β-unsaturated/α-hetero) is 1. The molecule has 2 aromatic carbocycles. The molecule has 0 aliphatic carbocycles. The van der Waals surface area contributed by atoms with E-state index in [4.69, 9.17) is 23.7 Å². The molecule has 30 heavy (non-hydrogen) atoms. The van der Waals surface area contributed by atoms with Crippen LogP contribution in [0, 0.1) is 16.0 Å². The smallest absolute Gasteiger partial charge is 0.296 e. The van der Waals surface area contributed by atoms with Crippen LogP contribution in [-0.2, 0) is 0 Å². The van der Waals surface area contributed by atoms with Crippen molar-refractivity contribution in [2.45, 2.75) is 0 Å². The third kappa shape index (κ3) is 3.76. The Morgan fingerprint density at radius 3 is 2.33 bits per heavy atom. The number of rotatable bonds is 8. The van der Waals surface area contributed by atoms with Crippen molar-refractivity contribution in [2.24, 2.45) is 5.92 Å². The Balaban J connectivity index is 1.84. The Bertz CT molecular complexity index is 976. The van der Waals surface area contributed by atoms with E-state index in [0.717, 1.165) is 0 Å². The first-order valence-corrected chi connectivity index (χ1v) is 9.01. The molecule has 1 atom stereocenters. The number of ether oxygens (including phenoxy) is 5. The van der Waals surface area contributed by atoms with E-state index in [0.29, 0.717) is 28.6 Å². The molecule has 0 aromatic heterocycles. The van der Waals surface area contributed by atoms with Gasteiger partial charge in [-0.1, -0.05) is 0 Å². The number of hydrogen-bond donors (Lipinski definition) is 1. The van der Waals surface area contributed by atoms with Gasteiger partial charge in [-0.05, 0) is 12.1 Å². The molecule has 0 bridgehead atoms. The first-order chi connectivity index (χ1) is 14.4. The van der Waals surface area contributed by atoms with Crippen molar-refractivity contribution in [3.63, 3.8) is 0 Å². The molecular weight excluding hydrogens is 396 g/mol. The lowest BCUT2D eigenvalue weighted by atomic mass is 9.94. The van der Waals surface area contributed by atoms with Gasteiger partial charge in [-0.25, -0.2) is 0 Å². The second-order valence-electron chi connectivity index (χ2n) is 6.41. The number of carbonyl (C=O) groups excluding carboxylic acids is 1. The van der Waals surface area contributed by atoms with Crippen molar-refractivity contribution in [1.29, 1.82) is 0 Å². The summed E-state index contributed by atoms with van der Waals surface area (Å²) in [5, 5.41) is 14.4. The van der Waals surface area contributed by atoms with Crippen molar-refractivity contribution >= 4 is 17.2 Å². The summed E-state index contributed by atoms with van der Waals surface area (Å²) in [4.78, 5) is 23.9. The number of hydrogen-bond acceptors (Lipinski definition) is 9. The number of nitrogens with zero attached hydrogens (tertiary/aromatic N) is 1. The van der Waals surface area contributed by atoms with Crippen LogP contribution in [0.4, 0.5) is 11.4 Å². The highest BCUT2D eigenvalue weighted by Crippen LogP contribution is 2.43. The van der Waals surface area contributed by atoms with Gasteiger partial charge in [0.2, 0.25) is 5.75 Å². The Hall–Kier alpha value is -3.69. The van der Waals surface area contributed by atoms with Crippen molar-refractivity contribution in [1.82, 2.24) is 0 Å². The molecule has 1 N–H and O–H groups in total. The zero-order valence-electron chi connectivity index (χ0n) is 17.0. The van der Waals surface area contributed by atoms with Gasteiger partial charge in [-0.15, -0.1) is 0 Å². The second-order valence-corrected chi connectivity index (χ2v) is 6.41. The molecule has 2 aromatic rings. The highest BCUT2D eigenvalue weighted by molar-refractivity contribution is 6.02. The standard InChI is InChI=1S/C20H22N2O8/c1-26-15-6-5-12-18(23)11(10-30-19(12)20(15)29-4)9-21-13-7-16(27-2)17(28-3)8-14(13)22(24)25/h5-8,11,21H,9-10H2,1-4H3/t11-/m0/s1. The summed E-state index contributed by atoms with van der Waals surface area (Å²) in [5.74, 6) is 0.999. The number of methoxy groups -OCH3 is 4. The van der Waals surface area contributed by atoms with Crippen molar-refractivity contribution in [3.8, 4) is 28.7 Å². The van der Waals surface area contributed by atoms with Crippen LogP contribution in [0.25, 0.3) is 0 Å². The van der Waals surface area contributed by atoms with Crippen molar-refractivity contribution in [2.75, 3.05) is 46.9 Å². The van der Waals surface area contributed by atoms with Crippen LogP contribution in [0.5, 0.6) is 28.7 Å². The normalized spacial score (nSPS) is 14.9. The van der Waals surface area contributed by atoms with Crippen molar-refractivity contribution < 1.29 is 33.4 Å². The maximum absolute atomic E-state index is 13.0. The quantitative estimate of drug-likeness (QED) is 0.510. The topological polar surface area (TPSA) is 118 Å². The molecule has 10 nitrogen and oxygen atoms in total. The fourth-order valence-electron chi connectivity index (χ4n) is 3.26. The molecule has 1 aliphatic heterocycles. The summed E-state index contributed by atoms with van der Waals surface area (Å²) < 4.78 is 26.7. The summed E-state index contributed by atoms with van der Waals surface area (Å²) in [6.07, 6.45) is 0. The molecule has 0 spiro atoms. The van der Waals surface area contributed by atoms with Crippen LogP contribution in [0.2, 0.25) is 0 Å². The van der Waals surface area contributed by atoms with Crippen LogP contribution in [0.1, 0.15) is 10.4 Å². The maximum Gasteiger partial charge on any atom is 0.296 e. The Kier molecular flexibility index (Phi) is 6.14. The molecule has 3 rings (SSSR count). The summed E-state index contributed by atoms with van der Waals surface area (Å²) >= 11 is 0. The average Bonchev–Trinajstić information content (AvgIpc) is 2.76. The average molecular weight is 418 g/mol. The van der Waals surface area contributed by atoms with Crippen LogP contribution in [0.15, 0.2) is 24.3 Å². The number of nitrogens with one attached hydrogen (secondary N) is 1. The number of fused-ring (bicyclic) bond motifs is 1. The SMILES string of the molecule is COc1cc(NC[C@H]2COc3c(ccc(OC)c3OC)C2=O)c([N+](=O)[O-])cc1OC. The van der Waals surface area contributed by atoms with Crippen LogP contribution < -0.4 is 29.0 Å². The number of nitro benzene ring substituents is 1. The van der Waals surface area contributed by atoms with Crippen LogP contribution in [-0.4, -0.2) is 52.3 Å². The number of benzene rings is 2. The van der Waals surface area contributed by atoms with Gasteiger partial charge >= 0.3 is 0 Å². The second kappa shape index (κ2) is 8.76. The summed E-state index contributed by atoms with van der Waals surface area (Å²) in [6, 6.07) is 5.98. The third-order valence-electron chi connectivity index (χ3n) is 4.80. The first-order valence-electron chi connectivity index (χ1n) is 9.01. The van der Waals surface area contributed by atoms with E-state index >= 15 is 0 Å². The van der Waals surface area contributed by atoms with Crippen molar-refractivity contribution in [3.05, 3.63) is 39.9 Å². The van der Waals surface area contributed by atoms with Crippen LogP contribution in [0.3, 0.4) is 0 Å². The molecule has 0 unspecified atom stereocenters. The third-order valence-corrected chi connectivity index (χ3v) is 4.80. The van der Waals surface area contributed by atoms with Gasteiger partial charge in [-0.2, -0.15) is 0 Å². The summed E-state index contributed by atoms with van der Waals surface area (Å²) in [6.45, 7) is 0.215. The minimum absolute atomic E-state index is 0.0868. The molecule has 1 aliphatic rings. The van der Waals surface area contributed by atoms with E-state index in [-0.39, 0.29) is 36.1 Å². The van der Waals surface area contributed by atoms with Gasteiger partial charge in [0.25, 0.3) is 5.69 Å². The van der Waals surface area contributed by atoms with Gasteiger partial charge in [0.1, 0.15) is 12.3 Å². The van der Waals surface area contributed by atoms with Gasteiger partial charge < -0.3 is 29.0 Å². The molecule has 0 fully saturated rings. The van der Waals surface area contributed by atoms with Crippen LogP contribution >= 0.6 is 0 Å². The number of nitro groups is 1. The fourth-order valence-corrected chi connectivity index (χ4v) is 3.26. The van der Waals surface area contributed by atoms with Gasteiger partial charge in [0.05, 0.1) is 50.9 Å². The largest absolute Gasteiger partial charge is 0.493 e. The zero-order valence-corrected chi connectivity index (χ0v) is 17.0. The van der Waals surface area contributed by atoms with Gasteiger partial charge in [-0.3, -0.25) is 14.9 Å². The highest BCUT2D eigenvalue weighted by Gasteiger charge is 2.33. The molecule has 0 saturated heterocycles. The minimum Gasteiger partial charge on any atom is -0.493 e. The number of ketones is 1. The lowest BCUT2D eigenvalue weighted by Gasteiger charge is -2.26. The Morgan fingerprint density at radius 2 is 1.73 bits per heavy atom. The summed E-state index contributed by atoms with van der Waals surface area (Å²) in [5.41, 5.74) is 0.389. The number of anilines is 1. The highest BCUT2D eigenvalue weighted by atomic mass is 16.6. The van der Waals surface area contributed by atoms with E-state index < -0.39 is 10.8 Å².